The molecule has 146 valence electrons. The third-order valence-corrected chi connectivity index (χ3v) is 5.03. The number of methoxy groups -OCH3 is 1. The molecule has 1 heterocycles. The average Bonchev–Trinajstić information content (AvgIpc) is 3.13. The van der Waals surface area contributed by atoms with Gasteiger partial charge in [-0.2, -0.15) is 10.4 Å². The van der Waals surface area contributed by atoms with Crippen molar-refractivity contribution in [1.29, 1.82) is 5.26 Å². The van der Waals surface area contributed by atoms with Crippen LogP contribution >= 0.6 is 0 Å². The second-order valence-corrected chi connectivity index (χ2v) is 6.90. The molecule has 2 aromatic rings. The lowest BCUT2D eigenvalue weighted by Crippen LogP contribution is -2.22. The Morgan fingerprint density at radius 1 is 1.32 bits per heavy atom. The molecular formula is C20H23N5O3. The molecule has 1 amide bonds. The second kappa shape index (κ2) is 8.57. The number of nitrogens with two attached hydrogens (primary N) is 1. The molecule has 1 saturated carbocycles. The van der Waals surface area contributed by atoms with Gasteiger partial charge in [0.25, 0.3) is 5.91 Å². The summed E-state index contributed by atoms with van der Waals surface area (Å²) in [5, 5.41) is 17.0. The quantitative estimate of drug-likeness (QED) is 0.742. The number of carbonyl (C=O) groups is 2. The number of rotatable bonds is 6. The van der Waals surface area contributed by atoms with Gasteiger partial charge in [0, 0.05) is 11.9 Å². The van der Waals surface area contributed by atoms with E-state index < -0.39 is 5.91 Å². The largest absolute Gasteiger partial charge is 0.469 e. The second-order valence-electron chi connectivity index (χ2n) is 6.90. The zero-order valence-corrected chi connectivity index (χ0v) is 15.7. The zero-order valence-electron chi connectivity index (χ0n) is 15.7. The van der Waals surface area contributed by atoms with E-state index in [1.54, 1.807) is 35.1 Å². The van der Waals surface area contributed by atoms with Gasteiger partial charge in [-0.25, -0.2) is 0 Å². The van der Waals surface area contributed by atoms with Crippen LogP contribution in [0.3, 0.4) is 0 Å². The average molecular weight is 381 g/mol. The lowest BCUT2D eigenvalue weighted by Gasteiger charge is -2.26. The molecule has 0 spiro atoms. The Kier molecular flexibility index (Phi) is 5.94. The first-order valence-corrected chi connectivity index (χ1v) is 9.23. The molecule has 0 radical (unpaired) electrons. The Morgan fingerprint density at radius 2 is 2.04 bits per heavy atom. The van der Waals surface area contributed by atoms with Crippen LogP contribution in [0.4, 0.5) is 11.5 Å². The van der Waals surface area contributed by atoms with Gasteiger partial charge in [-0.05, 0) is 30.5 Å². The molecule has 1 aliphatic carbocycles. The summed E-state index contributed by atoms with van der Waals surface area (Å²) in [6.07, 6.45) is 5.55. The number of anilines is 2. The van der Waals surface area contributed by atoms with E-state index in [-0.39, 0.29) is 29.9 Å². The van der Waals surface area contributed by atoms with Crippen molar-refractivity contribution in [2.24, 2.45) is 11.7 Å². The molecule has 0 aliphatic heterocycles. The Balaban J connectivity index is 1.81. The Hall–Kier alpha value is -3.34. The number of nitrogens with zero attached hydrogens (tertiary/aromatic N) is 3. The third kappa shape index (κ3) is 4.31. The van der Waals surface area contributed by atoms with Crippen LogP contribution in [-0.4, -0.2) is 28.8 Å². The number of nitriles is 1. The summed E-state index contributed by atoms with van der Waals surface area (Å²) in [5.41, 5.74) is 7.33. The van der Waals surface area contributed by atoms with Crippen LogP contribution in [0.2, 0.25) is 0 Å². The van der Waals surface area contributed by atoms with Crippen molar-refractivity contribution in [1.82, 2.24) is 9.78 Å². The van der Waals surface area contributed by atoms with Crippen molar-refractivity contribution >= 4 is 23.4 Å². The predicted molar refractivity (Wildman–Crippen MR) is 103 cm³/mol. The van der Waals surface area contributed by atoms with E-state index in [0.717, 1.165) is 31.2 Å². The lowest BCUT2D eigenvalue weighted by atomic mass is 9.85. The van der Waals surface area contributed by atoms with Crippen molar-refractivity contribution in [2.45, 2.75) is 38.1 Å². The number of ether oxygens (including phenoxy) is 1. The van der Waals surface area contributed by atoms with E-state index >= 15 is 0 Å². The van der Waals surface area contributed by atoms with Gasteiger partial charge in [-0.1, -0.05) is 25.0 Å². The van der Waals surface area contributed by atoms with Gasteiger partial charge < -0.3 is 15.8 Å². The number of hydrogen-bond donors (Lipinski definition) is 2. The van der Waals surface area contributed by atoms with E-state index in [9.17, 15) is 14.9 Å². The summed E-state index contributed by atoms with van der Waals surface area (Å²) in [7, 11) is 1.35. The summed E-state index contributed by atoms with van der Waals surface area (Å²) in [5.74, 6) is -0.661. The molecule has 8 heteroatoms. The van der Waals surface area contributed by atoms with Gasteiger partial charge in [-0.15, -0.1) is 0 Å². The number of hydrogen-bond acceptors (Lipinski definition) is 6. The van der Waals surface area contributed by atoms with Crippen LogP contribution < -0.4 is 11.1 Å². The predicted octanol–water partition coefficient (Wildman–Crippen LogP) is 2.70. The van der Waals surface area contributed by atoms with Crippen molar-refractivity contribution in [3.05, 3.63) is 41.6 Å². The number of aromatic nitrogens is 2. The summed E-state index contributed by atoms with van der Waals surface area (Å²) in [6.45, 7) is 0. The number of esters is 1. The molecule has 1 fully saturated rings. The fourth-order valence-corrected chi connectivity index (χ4v) is 3.49. The van der Waals surface area contributed by atoms with Crippen LogP contribution in [0, 0.1) is 17.2 Å². The minimum atomic E-state index is -0.583. The van der Waals surface area contributed by atoms with Gasteiger partial charge in [0.15, 0.2) is 5.82 Å². The molecule has 2 atom stereocenters. The first-order chi connectivity index (χ1) is 13.5. The molecule has 28 heavy (non-hydrogen) atoms. The molecule has 8 nitrogen and oxygen atoms in total. The molecule has 0 unspecified atom stereocenters. The summed E-state index contributed by atoms with van der Waals surface area (Å²) in [4.78, 5) is 23.2. The molecule has 0 bridgehead atoms. The maximum Gasteiger partial charge on any atom is 0.309 e. The number of carbonyl (C=O) groups excluding carboxylic acids is 2. The fraction of sp³-hybridized carbons (Fsp3) is 0.400. The highest BCUT2D eigenvalue weighted by atomic mass is 16.5. The third-order valence-electron chi connectivity index (χ3n) is 5.03. The molecule has 1 aromatic heterocycles. The molecule has 1 aliphatic rings. The molecule has 0 saturated heterocycles. The van der Waals surface area contributed by atoms with Crippen molar-refractivity contribution in [3.8, 4) is 6.07 Å². The number of benzene rings is 1. The van der Waals surface area contributed by atoms with E-state index in [1.165, 1.54) is 7.11 Å². The van der Waals surface area contributed by atoms with E-state index in [2.05, 4.69) is 21.2 Å². The van der Waals surface area contributed by atoms with Gasteiger partial charge >= 0.3 is 5.97 Å². The summed E-state index contributed by atoms with van der Waals surface area (Å²) >= 11 is 0. The fourth-order valence-electron chi connectivity index (χ4n) is 3.49. The summed E-state index contributed by atoms with van der Waals surface area (Å²) in [6, 6.07) is 9.47. The van der Waals surface area contributed by atoms with Gasteiger partial charge in [0.05, 0.1) is 31.6 Å². The maximum atomic E-state index is 11.9. The Labute approximate surface area is 163 Å². The smallest absolute Gasteiger partial charge is 0.309 e. The van der Waals surface area contributed by atoms with Crippen LogP contribution in [-0.2, 0) is 16.0 Å². The van der Waals surface area contributed by atoms with Gasteiger partial charge in [0.1, 0.15) is 5.56 Å². The van der Waals surface area contributed by atoms with E-state index in [0.29, 0.717) is 11.5 Å². The first kappa shape index (κ1) is 19.4. The highest BCUT2D eigenvalue weighted by Gasteiger charge is 2.28. The highest BCUT2D eigenvalue weighted by Crippen LogP contribution is 2.34. The normalized spacial score (nSPS) is 18.9. The van der Waals surface area contributed by atoms with Crippen molar-refractivity contribution in [3.63, 3.8) is 0 Å². The van der Waals surface area contributed by atoms with Crippen molar-refractivity contribution in [2.75, 3.05) is 12.4 Å². The van der Waals surface area contributed by atoms with Crippen LogP contribution in [0.5, 0.6) is 0 Å². The van der Waals surface area contributed by atoms with Crippen LogP contribution in [0.1, 0.15) is 47.6 Å². The van der Waals surface area contributed by atoms with E-state index in [4.69, 9.17) is 5.73 Å². The van der Waals surface area contributed by atoms with Crippen LogP contribution in [0.25, 0.3) is 0 Å². The standard InChI is InChI=1S/C20H23N5O3/c1-28-18(26)10-13-6-8-15(9-7-13)23-20-16(19(22)27)12-25(24-20)17-5-3-2-4-14(17)11-21/h6-9,12,14,17H,2-5,10H2,1H3,(H2,22,27)(H,23,24)/t14-,17+/m1/s1. The number of nitrogens with one attached hydrogen (secondary N) is 1. The lowest BCUT2D eigenvalue weighted by molar-refractivity contribution is -0.139. The SMILES string of the molecule is COC(=O)Cc1ccc(Nc2nn([C@H]3CCCC[C@@H]3C#N)cc2C(N)=O)cc1. The topological polar surface area (TPSA) is 123 Å². The van der Waals surface area contributed by atoms with Crippen molar-refractivity contribution < 1.29 is 14.3 Å². The zero-order chi connectivity index (χ0) is 20.1. The van der Waals surface area contributed by atoms with E-state index in [1.807, 2.05) is 0 Å². The maximum absolute atomic E-state index is 11.9. The van der Waals surface area contributed by atoms with Crippen LogP contribution in [0.15, 0.2) is 30.5 Å². The highest BCUT2D eigenvalue weighted by molar-refractivity contribution is 5.98. The minimum absolute atomic E-state index is 0.0603. The minimum Gasteiger partial charge on any atom is -0.469 e. The summed E-state index contributed by atoms with van der Waals surface area (Å²) < 4.78 is 6.35. The number of primary amides is 1. The molecule has 3 N–H and O–H groups in total. The Morgan fingerprint density at radius 3 is 2.68 bits per heavy atom. The molecular weight excluding hydrogens is 358 g/mol. The van der Waals surface area contributed by atoms with Gasteiger partial charge in [-0.3, -0.25) is 14.3 Å². The number of amides is 1. The van der Waals surface area contributed by atoms with Gasteiger partial charge in [0.2, 0.25) is 0 Å². The first-order valence-electron chi connectivity index (χ1n) is 9.23. The molecule has 1 aromatic carbocycles. The Bertz CT molecular complexity index is 898. The molecule has 3 rings (SSSR count). The monoisotopic (exact) mass is 381 g/mol.